The van der Waals surface area contributed by atoms with Crippen LogP contribution < -0.4 is 4.90 Å². The number of fused-ring (bicyclic) bond motifs is 1. The summed E-state index contributed by atoms with van der Waals surface area (Å²) in [5.74, 6) is 0.230. The molecule has 0 saturated carbocycles. The first-order valence-electron chi connectivity index (χ1n) is 10.3. The second-order valence-electron chi connectivity index (χ2n) is 7.96. The van der Waals surface area contributed by atoms with Gasteiger partial charge in [0.2, 0.25) is 5.91 Å². The topological polar surface area (TPSA) is 82.8 Å². The Bertz CT molecular complexity index is 910. The van der Waals surface area contributed by atoms with Crippen molar-refractivity contribution in [3.05, 3.63) is 40.6 Å². The summed E-state index contributed by atoms with van der Waals surface area (Å²) < 4.78 is 0. The van der Waals surface area contributed by atoms with Gasteiger partial charge in [0.25, 0.3) is 5.69 Å². The van der Waals surface area contributed by atoms with Crippen molar-refractivity contribution >= 4 is 28.2 Å². The van der Waals surface area contributed by atoms with E-state index >= 15 is 0 Å². The maximum Gasteiger partial charge on any atom is 0.278 e. The Hall–Kier alpha value is -2.74. The molecule has 1 aromatic carbocycles. The highest BCUT2D eigenvalue weighted by molar-refractivity contribution is 5.97. The number of nitro benzene ring substituents is 1. The highest BCUT2D eigenvalue weighted by Gasteiger charge is 2.27. The van der Waals surface area contributed by atoms with Gasteiger partial charge < -0.3 is 9.80 Å². The van der Waals surface area contributed by atoms with Crippen molar-refractivity contribution in [1.29, 1.82) is 0 Å². The van der Waals surface area contributed by atoms with Crippen molar-refractivity contribution in [2.24, 2.45) is 0 Å². The van der Waals surface area contributed by atoms with Crippen LogP contribution in [0, 0.1) is 10.1 Å². The smallest absolute Gasteiger partial charge is 0.278 e. The largest absolute Gasteiger partial charge is 0.367 e. The van der Waals surface area contributed by atoms with Gasteiger partial charge in [0.05, 0.1) is 22.5 Å². The molecule has 2 aromatic rings. The Morgan fingerprint density at radius 1 is 1.17 bits per heavy atom. The molecule has 1 atom stereocenters. The third-order valence-corrected chi connectivity index (χ3v) is 6.12. The normalized spacial score (nSPS) is 20.8. The second kappa shape index (κ2) is 8.32. The number of non-ortho nitro benzene ring substituents is 1. The van der Waals surface area contributed by atoms with Gasteiger partial charge in [-0.05, 0) is 44.4 Å². The number of anilines is 1. The molecular weight excluding hydrogens is 370 g/mol. The minimum absolute atomic E-state index is 0.0803. The predicted molar refractivity (Wildman–Crippen MR) is 112 cm³/mol. The maximum atomic E-state index is 12.7. The molecule has 0 aliphatic carbocycles. The van der Waals surface area contributed by atoms with Gasteiger partial charge in [0.15, 0.2) is 0 Å². The third-order valence-electron chi connectivity index (χ3n) is 6.12. The number of piperazine rings is 1. The molecule has 8 heteroatoms. The molecule has 2 fully saturated rings. The minimum atomic E-state index is -0.362. The van der Waals surface area contributed by atoms with Gasteiger partial charge in [-0.25, -0.2) is 0 Å². The zero-order chi connectivity index (χ0) is 20.4. The number of aromatic nitrogens is 1. The molecular formula is C21H27N5O3. The van der Waals surface area contributed by atoms with E-state index in [1.807, 2.05) is 4.90 Å². The van der Waals surface area contributed by atoms with Crippen molar-refractivity contribution in [1.82, 2.24) is 14.8 Å². The van der Waals surface area contributed by atoms with Crippen molar-refractivity contribution < 1.29 is 9.72 Å². The lowest BCUT2D eigenvalue weighted by Gasteiger charge is -2.38. The average Bonchev–Trinajstić information content (AvgIpc) is 2.73. The second-order valence-corrected chi connectivity index (χ2v) is 7.96. The van der Waals surface area contributed by atoms with E-state index in [-0.39, 0.29) is 16.5 Å². The molecule has 3 heterocycles. The average molecular weight is 397 g/mol. The van der Waals surface area contributed by atoms with Gasteiger partial charge in [-0.3, -0.25) is 24.8 Å². The number of carbonyl (C=O) groups excluding carboxylic acids is 1. The van der Waals surface area contributed by atoms with E-state index in [2.05, 4.69) is 21.7 Å². The number of nitrogens with zero attached hydrogens (tertiary/aromatic N) is 5. The van der Waals surface area contributed by atoms with Gasteiger partial charge in [0.1, 0.15) is 5.52 Å². The lowest BCUT2D eigenvalue weighted by atomic mass is 10.0. The quantitative estimate of drug-likeness (QED) is 0.583. The number of carbonyl (C=O) groups is 1. The fourth-order valence-electron chi connectivity index (χ4n) is 4.45. The Labute approximate surface area is 170 Å². The van der Waals surface area contributed by atoms with E-state index in [0.29, 0.717) is 23.5 Å². The Kier molecular flexibility index (Phi) is 5.62. The first kappa shape index (κ1) is 19.6. The summed E-state index contributed by atoms with van der Waals surface area (Å²) in [6.45, 7) is 6.61. The number of hydrogen-bond donors (Lipinski definition) is 0. The molecule has 1 aromatic heterocycles. The monoisotopic (exact) mass is 397 g/mol. The Morgan fingerprint density at radius 2 is 1.97 bits per heavy atom. The summed E-state index contributed by atoms with van der Waals surface area (Å²) in [5, 5.41) is 11.9. The van der Waals surface area contributed by atoms with Gasteiger partial charge in [-0.2, -0.15) is 0 Å². The molecule has 0 N–H and O–H groups in total. The number of pyridine rings is 1. The van der Waals surface area contributed by atoms with Gasteiger partial charge in [-0.1, -0.05) is 0 Å². The standard InChI is InChI=1S/C21H27N5O3/c1-16-5-2-3-10-25(16)20(27)15-23-11-13-24(14-12-23)19-8-7-18(26(28)29)17-6-4-9-22-21(17)19/h4,6-9,16H,2-3,5,10-15H2,1H3/t16-/m1/s1. The van der Waals surface area contributed by atoms with Crippen LogP contribution in [-0.4, -0.2) is 70.9 Å². The lowest BCUT2D eigenvalue weighted by Crippen LogP contribution is -2.52. The summed E-state index contributed by atoms with van der Waals surface area (Å²) in [6, 6.07) is 7.18. The van der Waals surface area contributed by atoms with Gasteiger partial charge in [-0.15, -0.1) is 0 Å². The first-order chi connectivity index (χ1) is 14.0. The van der Waals surface area contributed by atoms with Crippen LogP contribution in [0.3, 0.4) is 0 Å². The van der Waals surface area contributed by atoms with Crippen LogP contribution in [0.1, 0.15) is 26.2 Å². The van der Waals surface area contributed by atoms with E-state index in [1.165, 1.54) is 6.42 Å². The summed E-state index contributed by atoms with van der Waals surface area (Å²) >= 11 is 0. The summed E-state index contributed by atoms with van der Waals surface area (Å²) in [7, 11) is 0. The summed E-state index contributed by atoms with van der Waals surface area (Å²) in [5.41, 5.74) is 1.66. The predicted octanol–water partition coefficient (Wildman–Crippen LogP) is 2.67. The van der Waals surface area contributed by atoms with Crippen LogP contribution in [-0.2, 0) is 4.79 Å². The molecule has 2 saturated heterocycles. The molecule has 4 rings (SSSR count). The number of likely N-dealkylation sites (tertiary alicyclic amines) is 1. The molecule has 0 spiro atoms. The van der Waals surface area contributed by atoms with Crippen molar-refractivity contribution in [3.8, 4) is 0 Å². The van der Waals surface area contributed by atoms with Crippen molar-refractivity contribution in [2.45, 2.75) is 32.2 Å². The van der Waals surface area contributed by atoms with Gasteiger partial charge >= 0.3 is 0 Å². The maximum absolute atomic E-state index is 12.7. The van der Waals surface area contributed by atoms with E-state index in [4.69, 9.17) is 0 Å². The molecule has 29 heavy (non-hydrogen) atoms. The highest BCUT2D eigenvalue weighted by Crippen LogP contribution is 2.32. The fraction of sp³-hybridized carbons (Fsp3) is 0.524. The first-order valence-corrected chi connectivity index (χ1v) is 10.3. The molecule has 8 nitrogen and oxygen atoms in total. The summed E-state index contributed by atoms with van der Waals surface area (Å²) in [6.07, 6.45) is 5.08. The fourth-order valence-corrected chi connectivity index (χ4v) is 4.45. The number of hydrogen-bond acceptors (Lipinski definition) is 6. The number of amides is 1. The van der Waals surface area contributed by atoms with E-state index in [0.717, 1.165) is 51.3 Å². The van der Waals surface area contributed by atoms with Crippen LogP contribution in [0.2, 0.25) is 0 Å². The van der Waals surface area contributed by atoms with Crippen LogP contribution in [0.4, 0.5) is 11.4 Å². The van der Waals surface area contributed by atoms with Crippen LogP contribution in [0.5, 0.6) is 0 Å². The molecule has 2 aliphatic heterocycles. The van der Waals surface area contributed by atoms with Crippen LogP contribution in [0.15, 0.2) is 30.5 Å². The Morgan fingerprint density at radius 3 is 2.69 bits per heavy atom. The SMILES string of the molecule is C[C@@H]1CCCCN1C(=O)CN1CCN(c2ccc([N+](=O)[O-])c3cccnc23)CC1. The van der Waals surface area contributed by atoms with Gasteiger partial charge in [0, 0.05) is 51.0 Å². The van der Waals surface area contributed by atoms with Crippen molar-refractivity contribution in [3.63, 3.8) is 0 Å². The molecule has 1 amide bonds. The third kappa shape index (κ3) is 4.03. The van der Waals surface area contributed by atoms with Crippen LogP contribution >= 0.6 is 0 Å². The molecule has 154 valence electrons. The zero-order valence-corrected chi connectivity index (χ0v) is 16.8. The summed E-state index contributed by atoms with van der Waals surface area (Å²) in [4.78, 5) is 34.5. The number of rotatable bonds is 4. The molecule has 2 aliphatic rings. The Balaban J connectivity index is 1.43. The number of nitro groups is 1. The molecule has 0 radical (unpaired) electrons. The number of piperidine rings is 1. The molecule has 0 bridgehead atoms. The number of benzene rings is 1. The molecule has 0 unspecified atom stereocenters. The van der Waals surface area contributed by atoms with Crippen LogP contribution in [0.25, 0.3) is 10.9 Å². The van der Waals surface area contributed by atoms with E-state index < -0.39 is 0 Å². The lowest BCUT2D eigenvalue weighted by molar-refractivity contribution is -0.383. The zero-order valence-electron chi connectivity index (χ0n) is 16.8. The minimum Gasteiger partial charge on any atom is -0.367 e. The highest BCUT2D eigenvalue weighted by atomic mass is 16.6. The van der Waals surface area contributed by atoms with E-state index in [9.17, 15) is 14.9 Å². The van der Waals surface area contributed by atoms with E-state index in [1.54, 1.807) is 30.5 Å². The van der Waals surface area contributed by atoms with Crippen molar-refractivity contribution in [2.75, 3.05) is 44.2 Å².